The van der Waals surface area contributed by atoms with Crippen LogP contribution in [0.15, 0.2) is 0 Å². The molecule has 1 rings (SSSR count). The van der Waals surface area contributed by atoms with Crippen molar-refractivity contribution in [3.05, 3.63) is 0 Å². The minimum atomic E-state index is 0.272. The van der Waals surface area contributed by atoms with Gasteiger partial charge >= 0.3 is 0 Å². The Morgan fingerprint density at radius 3 is 2.91 bits per heavy atom. The van der Waals surface area contributed by atoms with Gasteiger partial charge in [0.2, 0.25) is 6.71 Å². The average molecular weight is 154 g/mol. The third kappa shape index (κ3) is 2.33. The van der Waals surface area contributed by atoms with E-state index in [-0.39, 0.29) is 6.71 Å². The fourth-order valence-corrected chi connectivity index (χ4v) is 1.73. The first-order chi connectivity index (χ1) is 5.24. The van der Waals surface area contributed by atoms with E-state index in [1.807, 2.05) is 0 Å². The van der Waals surface area contributed by atoms with Crippen LogP contribution in [-0.4, -0.2) is 25.6 Å². The highest BCUT2D eigenvalue weighted by molar-refractivity contribution is 6.89. The third-order valence-electron chi connectivity index (χ3n) is 2.53. The fraction of sp³-hybridized carbons (Fsp3) is 0.875. The molecular formula is C8H15BO2. The number of hydrogen-bond donors (Lipinski definition) is 0. The molecular weight excluding hydrogens is 139 g/mol. The molecule has 1 saturated heterocycles. The number of carbonyl (C=O) groups is 1. The molecule has 1 aliphatic rings. The Hall–Kier alpha value is -0.305. The van der Waals surface area contributed by atoms with Gasteiger partial charge in [0.15, 0.2) is 0 Å². The lowest BCUT2D eigenvalue weighted by molar-refractivity contribution is -0.110. The van der Waals surface area contributed by atoms with Crippen LogP contribution in [0.3, 0.4) is 0 Å². The summed E-state index contributed by atoms with van der Waals surface area (Å²) in [5.74, 6) is 0. The normalized spacial score (nSPS) is 25.3. The summed E-state index contributed by atoms with van der Waals surface area (Å²) in [7, 11) is 1.73. The van der Waals surface area contributed by atoms with Crippen LogP contribution < -0.4 is 0 Å². The maximum absolute atomic E-state index is 11.0. The maximum Gasteiger partial charge on any atom is 0.225 e. The minimum absolute atomic E-state index is 0.272. The van der Waals surface area contributed by atoms with Crippen molar-refractivity contribution in [2.24, 2.45) is 0 Å². The number of methoxy groups -OCH3 is 1. The van der Waals surface area contributed by atoms with Crippen molar-refractivity contribution in [2.75, 3.05) is 7.11 Å². The van der Waals surface area contributed by atoms with E-state index in [9.17, 15) is 4.79 Å². The second kappa shape index (κ2) is 3.91. The summed E-state index contributed by atoms with van der Waals surface area (Å²) < 4.78 is 5.22. The van der Waals surface area contributed by atoms with Gasteiger partial charge in [-0.25, -0.2) is 0 Å². The van der Waals surface area contributed by atoms with Crippen molar-refractivity contribution in [1.82, 2.24) is 0 Å². The van der Waals surface area contributed by atoms with E-state index in [2.05, 4.69) is 0 Å². The Balaban J connectivity index is 2.39. The Bertz CT molecular complexity index is 147. The molecule has 0 amide bonds. The van der Waals surface area contributed by atoms with Gasteiger partial charge in [0.05, 0.1) is 11.8 Å². The fourth-order valence-electron chi connectivity index (χ4n) is 1.73. The molecule has 0 aromatic rings. The molecule has 1 aliphatic heterocycles. The molecule has 3 heteroatoms. The highest BCUT2D eigenvalue weighted by Crippen LogP contribution is 2.21. The van der Waals surface area contributed by atoms with Gasteiger partial charge in [-0.3, -0.25) is 0 Å². The lowest BCUT2D eigenvalue weighted by atomic mass is 9.38. The van der Waals surface area contributed by atoms with Gasteiger partial charge in [-0.15, -0.1) is 0 Å². The highest BCUT2D eigenvalue weighted by Gasteiger charge is 2.27. The van der Waals surface area contributed by atoms with Gasteiger partial charge in [0, 0.05) is 7.11 Å². The second-order valence-corrected chi connectivity index (χ2v) is 3.33. The molecule has 0 N–H and O–H groups in total. The van der Waals surface area contributed by atoms with Gasteiger partial charge in [0.25, 0.3) is 0 Å². The van der Waals surface area contributed by atoms with Gasteiger partial charge in [-0.2, -0.15) is 0 Å². The standard InChI is InChI=1S/C8H15BO2/c1-7(10)9-5-3-4-8(6-9)11-2/h8H,3-6H2,1-2H3. The molecule has 0 aromatic heterocycles. The maximum atomic E-state index is 11.0. The van der Waals surface area contributed by atoms with E-state index >= 15 is 0 Å². The van der Waals surface area contributed by atoms with Crippen molar-refractivity contribution in [1.29, 1.82) is 0 Å². The first-order valence-corrected chi connectivity index (χ1v) is 4.27. The quantitative estimate of drug-likeness (QED) is 0.562. The van der Waals surface area contributed by atoms with Crippen LogP contribution in [-0.2, 0) is 9.53 Å². The summed E-state index contributed by atoms with van der Waals surface area (Å²) in [5.41, 5.74) is 0.326. The summed E-state index contributed by atoms with van der Waals surface area (Å²) in [6.07, 6.45) is 4.60. The van der Waals surface area contributed by atoms with Crippen molar-refractivity contribution in [2.45, 2.75) is 38.5 Å². The van der Waals surface area contributed by atoms with Gasteiger partial charge in [-0.05, 0) is 19.7 Å². The minimum Gasteiger partial charge on any atom is -0.382 e. The zero-order valence-corrected chi connectivity index (χ0v) is 7.30. The molecule has 1 unspecified atom stereocenters. The van der Waals surface area contributed by atoms with Crippen LogP contribution >= 0.6 is 0 Å². The zero-order chi connectivity index (χ0) is 8.27. The van der Waals surface area contributed by atoms with E-state index < -0.39 is 0 Å². The molecule has 1 fully saturated rings. The van der Waals surface area contributed by atoms with Crippen molar-refractivity contribution >= 4 is 12.4 Å². The summed E-state index contributed by atoms with van der Waals surface area (Å²) >= 11 is 0. The van der Waals surface area contributed by atoms with Crippen LogP contribution in [0.4, 0.5) is 0 Å². The lowest BCUT2D eigenvalue weighted by Gasteiger charge is -2.23. The Morgan fingerprint density at radius 1 is 1.64 bits per heavy atom. The van der Waals surface area contributed by atoms with Crippen molar-refractivity contribution in [3.63, 3.8) is 0 Å². The number of hydrogen-bond acceptors (Lipinski definition) is 2. The van der Waals surface area contributed by atoms with Crippen molar-refractivity contribution in [3.8, 4) is 0 Å². The molecule has 0 saturated carbocycles. The molecule has 0 radical (unpaired) electrons. The number of ether oxygens (including phenoxy) is 1. The summed E-state index contributed by atoms with van der Waals surface area (Å²) in [5, 5.41) is 0. The van der Waals surface area contributed by atoms with Crippen LogP contribution in [0.1, 0.15) is 19.8 Å². The lowest BCUT2D eigenvalue weighted by Crippen LogP contribution is -2.33. The second-order valence-electron chi connectivity index (χ2n) is 3.33. The highest BCUT2D eigenvalue weighted by atomic mass is 16.5. The first-order valence-electron chi connectivity index (χ1n) is 4.27. The van der Waals surface area contributed by atoms with E-state index in [0.29, 0.717) is 11.8 Å². The number of rotatable bonds is 2. The van der Waals surface area contributed by atoms with Crippen LogP contribution in [0.2, 0.25) is 12.6 Å². The molecule has 0 spiro atoms. The topological polar surface area (TPSA) is 26.3 Å². The Kier molecular flexibility index (Phi) is 3.12. The SMILES string of the molecule is COC1CCCB(C(C)=O)C1. The Morgan fingerprint density at radius 2 is 2.36 bits per heavy atom. The van der Waals surface area contributed by atoms with Gasteiger partial charge in [0.1, 0.15) is 0 Å². The largest absolute Gasteiger partial charge is 0.382 e. The van der Waals surface area contributed by atoms with Crippen LogP contribution in [0.5, 0.6) is 0 Å². The molecule has 1 atom stereocenters. The molecule has 11 heavy (non-hydrogen) atoms. The Labute approximate surface area is 68.4 Å². The molecule has 0 aromatic carbocycles. The van der Waals surface area contributed by atoms with Crippen LogP contribution in [0, 0.1) is 0 Å². The summed E-state index contributed by atoms with van der Waals surface area (Å²) in [6.45, 7) is 1.96. The van der Waals surface area contributed by atoms with Crippen LogP contribution in [0.25, 0.3) is 0 Å². The van der Waals surface area contributed by atoms with Gasteiger partial charge in [-0.1, -0.05) is 12.7 Å². The van der Waals surface area contributed by atoms with E-state index in [1.165, 1.54) is 0 Å². The van der Waals surface area contributed by atoms with E-state index in [1.54, 1.807) is 14.0 Å². The molecule has 1 heterocycles. The first kappa shape index (κ1) is 8.79. The third-order valence-corrected chi connectivity index (χ3v) is 2.53. The molecule has 0 bridgehead atoms. The molecule has 2 nitrogen and oxygen atoms in total. The number of carbonyl (C=O) groups excluding carboxylic acids is 1. The predicted molar refractivity (Wildman–Crippen MR) is 46.1 cm³/mol. The average Bonchev–Trinajstić information content (AvgIpc) is 2.05. The molecule has 62 valence electrons. The van der Waals surface area contributed by atoms with Crippen molar-refractivity contribution < 1.29 is 9.53 Å². The monoisotopic (exact) mass is 154 g/mol. The van der Waals surface area contributed by atoms with E-state index in [4.69, 9.17) is 4.74 Å². The van der Waals surface area contributed by atoms with Gasteiger partial charge < -0.3 is 9.53 Å². The smallest absolute Gasteiger partial charge is 0.225 e. The molecule has 0 aliphatic carbocycles. The zero-order valence-electron chi connectivity index (χ0n) is 7.30. The summed E-state index contributed by atoms with van der Waals surface area (Å²) in [4.78, 5) is 11.0. The summed E-state index contributed by atoms with van der Waals surface area (Å²) in [6, 6.07) is 0. The van der Waals surface area contributed by atoms with E-state index in [0.717, 1.165) is 25.5 Å². The predicted octanol–water partition coefficient (Wildman–Crippen LogP) is 1.42.